The second-order valence-electron chi connectivity index (χ2n) is 11.5. The number of hydrogen-bond donors (Lipinski definition) is 4. The van der Waals surface area contributed by atoms with Gasteiger partial charge in [0.05, 0.1) is 18.3 Å². The SMILES string of the molecule is CN[C@@H](C)C(=O)N[C@H](C(=O)N1C[C@H](n2cc(-c3cc(F)cc(F)c3)nn2)C[C@H]1C(=O)N[C@@H](Cc1ccccc1)C(N)=O)C(C)C. The largest absolute Gasteiger partial charge is 0.368 e. The van der Waals surface area contributed by atoms with E-state index < -0.39 is 59.6 Å². The van der Waals surface area contributed by atoms with Crippen molar-refractivity contribution in [2.45, 2.75) is 63.8 Å². The number of nitrogens with zero attached hydrogens (tertiary/aromatic N) is 4. The molecule has 14 heteroatoms. The minimum atomic E-state index is -1.06. The third-order valence-electron chi connectivity index (χ3n) is 7.91. The van der Waals surface area contributed by atoms with E-state index in [-0.39, 0.29) is 42.5 Å². The molecule has 2 aromatic carbocycles. The van der Waals surface area contributed by atoms with Gasteiger partial charge >= 0.3 is 0 Å². The second kappa shape index (κ2) is 14.4. The molecule has 0 radical (unpaired) electrons. The van der Waals surface area contributed by atoms with Crippen LogP contribution in [0.3, 0.4) is 0 Å². The van der Waals surface area contributed by atoms with E-state index in [1.54, 1.807) is 52.1 Å². The van der Waals surface area contributed by atoms with Crippen LogP contribution in [0.15, 0.2) is 54.7 Å². The maximum atomic E-state index is 14.0. The lowest BCUT2D eigenvalue weighted by Crippen LogP contribution is -2.58. The Morgan fingerprint density at radius 3 is 2.29 bits per heavy atom. The van der Waals surface area contributed by atoms with Crippen molar-refractivity contribution >= 4 is 23.6 Å². The summed E-state index contributed by atoms with van der Waals surface area (Å²) in [6.07, 6.45) is 1.72. The number of carbonyl (C=O) groups is 4. The third kappa shape index (κ3) is 8.06. The molecule has 1 saturated heterocycles. The number of rotatable bonds is 12. The van der Waals surface area contributed by atoms with E-state index in [1.165, 1.54) is 15.8 Å². The summed E-state index contributed by atoms with van der Waals surface area (Å²) in [7, 11) is 1.62. The van der Waals surface area contributed by atoms with Gasteiger partial charge in [0.15, 0.2) is 0 Å². The molecule has 1 aliphatic rings. The van der Waals surface area contributed by atoms with Gasteiger partial charge in [-0.1, -0.05) is 49.4 Å². The molecule has 1 aliphatic heterocycles. The lowest BCUT2D eigenvalue weighted by molar-refractivity contribution is -0.143. The van der Waals surface area contributed by atoms with Gasteiger partial charge in [-0.15, -0.1) is 5.10 Å². The number of carbonyl (C=O) groups excluding carboxylic acids is 4. The van der Waals surface area contributed by atoms with E-state index in [1.807, 2.05) is 6.07 Å². The van der Waals surface area contributed by atoms with Gasteiger partial charge in [-0.05, 0) is 37.6 Å². The van der Waals surface area contributed by atoms with Crippen molar-refractivity contribution < 1.29 is 28.0 Å². The second-order valence-corrected chi connectivity index (χ2v) is 11.5. The predicted molar refractivity (Wildman–Crippen MR) is 161 cm³/mol. The molecule has 3 aromatic rings. The monoisotopic (exact) mass is 624 g/mol. The Hall–Kier alpha value is -4.72. The average molecular weight is 625 g/mol. The molecule has 0 aliphatic carbocycles. The maximum Gasteiger partial charge on any atom is 0.246 e. The molecule has 5 atom stereocenters. The Morgan fingerprint density at radius 2 is 1.69 bits per heavy atom. The lowest BCUT2D eigenvalue weighted by atomic mass is 10.0. The quantitative estimate of drug-likeness (QED) is 0.236. The molecule has 0 saturated carbocycles. The summed E-state index contributed by atoms with van der Waals surface area (Å²) in [6, 6.07) is 7.83. The number of nitrogens with two attached hydrogens (primary N) is 1. The highest BCUT2D eigenvalue weighted by Gasteiger charge is 2.44. The fourth-order valence-electron chi connectivity index (χ4n) is 5.23. The summed E-state index contributed by atoms with van der Waals surface area (Å²) >= 11 is 0. The van der Waals surface area contributed by atoms with Crippen molar-refractivity contribution in [3.63, 3.8) is 0 Å². The minimum Gasteiger partial charge on any atom is -0.368 e. The van der Waals surface area contributed by atoms with E-state index in [0.717, 1.165) is 23.8 Å². The van der Waals surface area contributed by atoms with Crippen molar-refractivity contribution in [1.82, 2.24) is 35.8 Å². The number of likely N-dealkylation sites (N-methyl/N-ethyl adjacent to an activating group) is 1. The molecule has 0 unspecified atom stereocenters. The summed E-state index contributed by atoms with van der Waals surface area (Å²) in [5, 5.41) is 16.5. The van der Waals surface area contributed by atoms with Crippen LogP contribution in [0, 0.1) is 17.6 Å². The van der Waals surface area contributed by atoms with Gasteiger partial charge in [0.25, 0.3) is 0 Å². The van der Waals surface area contributed by atoms with Crippen LogP contribution in [0.25, 0.3) is 11.3 Å². The highest BCUT2D eigenvalue weighted by atomic mass is 19.1. The van der Waals surface area contributed by atoms with Crippen LogP contribution >= 0.6 is 0 Å². The molecule has 4 amide bonds. The fourth-order valence-corrected chi connectivity index (χ4v) is 5.23. The Labute approximate surface area is 259 Å². The van der Waals surface area contributed by atoms with Crippen LogP contribution in [-0.4, -0.2) is 81.3 Å². The summed E-state index contributed by atoms with van der Waals surface area (Å²) in [5.74, 6) is -4.10. The molecule has 5 N–H and O–H groups in total. The predicted octanol–water partition coefficient (Wildman–Crippen LogP) is 1.33. The standard InChI is InChI=1S/C31H38F2N8O4/c1-17(2)27(37-29(43)18(3)35-4)31(45)40-15-23(41-16-25(38-39-41)20-11-21(32)13-22(33)12-20)14-26(40)30(44)36-24(28(34)42)10-19-8-6-5-7-9-19/h5-9,11-13,16-18,23-24,26-27,35H,10,14-15H2,1-4H3,(H2,34,42)(H,36,44)(H,37,43)/t18-,23+,24-,26-,27-/m0/s1. The molecule has 4 rings (SSSR count). The van der Waals surface area contributed by atoms with Gasteiger partial charge in [0.1, 0.15) is 35.5 Å². The molecule has 45 heavy (non-hydrogen) atoms. The molecular formula is C31H38F2N8O4. The molecule has 12 nitrogen and oxygen atoms in total. The zero-order chi connectivity index (χ0) is 32.8. The molecule has 240 valence electrons. The smallest absolute Gasteiger partial charge is 0.246 e. The Kier molecular flexibility index (Phi) is 10.6. The first-order valence-corrected chi connectivity index (χ1v) is 14.7. The van der Waals surface area contributed by atoms with Gasteiger partial charge in [-0.25, -0.2) is 13.5 Å². The number of nitrogens with one attached hydrogen (secondary N) is 3. The first-order chi connectivity index (χ1) is 21.4. The van der Waals surface area contributed by atoms with Crippen molar-refractivity contribution in [3.05, 3.63) is 71.9 Å². The van der Waals surface area contributed by atoms with Crippen LogP contribution in [0.1, 0.15) is 38.8 Å². The lowest BCUT2D eigenvalue weighted by Gasteiger charge is -2.31. The van der Waals surface area contributed by atoms with E-state index in [4.69, 9.17) is 5.73 Å². The van der Waals surface area contributed by atoms with Crippen LogP contribution in [0.4, 0.5) is 8.78 Å². The van der Waals surface area contributed by atoms with E-state index in [0.29, 0.717) is 0 Å². The molecule has 0 bridgehead atoms. The van der Waals surface area contributed by atoms with E-state index in [2.05, 4.69) is 26.3 Å². The first kappa shape index (κ1) is 33.2. The van der Waals surface area contributed by atoms with Crippen LogP contribution in [0.5, 0.6) is 0 Å². The highest BCUT2D eigenvalue weighted by molar-refractivity contribution is 5.95. The molecule has 2 heterocycles. The number of likely N-dealkylation sites (tertiary alicyclic amines) is 1. The minimum absolute atomic E-state index is 0.0117. The topological polar surface area (TPSA) is 164 Å². The molecule has 0 spiro atoms. The zero-order valence-electron chi connectivity index (χ0n) is 25.5. The number of primary amides is 1. The van der Waals surface area contributed by atoms with Crippen molar-refractivity contribution in [2.75, 3.05) is 13.6 Å². The number of benzene rings is 2. The summed E-state index contributed by atoms with van der Waals surface area (Å²) in [5.41, 5.74) is 6.80. The van der Waals surface area contributed by atoms with Gasteiger partial charge in [0.2, 0.25) is 23.6 Å². The van der Waals surface area contributed by atoms with Crippen LogP contribution in [0.2, 0.25) is 0 Å². The number of hydrogen-bond acceptors (Lipinski definition) is 7. The number of aromatic nitrogens is 3. The molecule has 1 aromatic heterocycles. The number of amides is 4. The average Bonchev–Trinajstić information content (AvgIpc) is 3.67. The zero-order valence-corrected chi connectivity index (χ0v) is 25.5. The Morgan fingerprint density at radius 1 is 1.02 bits per heavy atom. The van der Waals surface area contributed by atoms with Crippen molar-refractivity contribution in [3.8, 4) is 11.3 Å². The van der Waals surface area contributed by atoms with Gasteiger partial charge in [-0.2, -0.15) is 0 Å². The van der Waals surface area contributed by atoms with Gasteiger partial charge in [-0.3, -0.25) is 19.2 Å². The summed E-state index contributed by atoms with van der Waals surface area (Å²) < 4.78 is 29.1. The Balaban J connectivity index is 1.63. The molecular weight excluding hydrogens is 586 g/mol. The third-order valence-corrected chi connectivity index (χ3v) is 7.91. The Bertz CT molecular complexity index is 1510. The van der Waals surface area contributed by atoms with Crippen LogP contribution in [-0.2, 0) is 25.6 Å². The van der Waals surface area contributed by atoms with E-state index in [9.17, 15) is 28.0 Å². The van der Waals surface area contributed by atoms with Gasteiger partial charge < -0.3 is 26.6 Å². The van der Waals surface area contributed by atoms with Gasteiger partial charge in [0, 0.05) is 31.0 Å². The maximum absolute atomic E-state index is 14.0. The number of halogens is 2. The summed E-state index contributed by atoms with van der Waals surface area (Å²) in [4.78, 5) is 54.2. The van der Waals surface area contributed by atoms with Crippen LogP contribution < -0.4 is 21.7 Å². The van der Waals surface area contributed by atoms with Crippen molar-refractivity contribution in [2.24, 2.45) is 11.7 Å². The fraction of sp³-hybridized carbons (Fsp3) is 0.419. The highest BCUT2D eigenvalue weighted by Crippen LogP contribution is 2.30. The van der Waals surface area contributed by atoms with E-state index >= 15 is 0 Å². The van der Waals surface area contributed by atoms with Crippen molar-refractivity contribution in [1.29, 1.82) is 0 Å². The normalized spacial score (nSPS) is 18.3. The molecule has 1 fully saturated rings. The summed E-state index contributed by atoms with van der Waals surface area (Å²) in [6.45, 7) is 5.22. The first-order valence-electron chi connectivity index (χ1n) is 14.7.